The highest BCUT2D eigenvalue weighted by atomic mass is 16.5. The zero-order valence-corrected chi connectivity index (χ0v) is 11.3. The number of methoxy groups -OCH3 is 1. The minimum Gasteiger partial charge on any atom is -0.492 e. The molecular formula is C14H15N3O3. The molecule has 1 aromatic heterocycles. The molecule has 6 nitrogen and oxygen atoms in total. The average Bonchev–Trinajstić information content (AvgIpc) is 2.49. The summed E-state index contributed by atoms with van der Waals surface area (Å²) < 4.78 is 10.1. The van der Waals surface area contributed by atoms with E-state index in [4.69, 9.17) is 4.74 Å². The summed E-state index contributed by atoms with van der Waals surface area (Å²) in [5.41, 5.74) is 0.950. The number of esters is 1. The molecule has 0 aliphatic rings. The number of hydrogen-bond acceptors (Lipinski definition) is 6. The maximum atomic E-state index is 11.3. The minimum atomic E-state index is -0.515. The second-order valence-electron chi connectivity index (χ2n) is 3.83. The van der Waals surface area contributed by atoms with E-state index in [9.17, 15) is 4.79 Å². The average molecular weight is 273 g/mol. The van der Waals surface area contributed by atoms with Gasteiger partial charge in [-0.2, -0.15) is 0 Å². The van der Waals surface area contributed by atoms with Gasteiger partial charge in [-0.15, -0.1) is 0 Å². The number of carbonyl (C=O) groups is 1. The molecule has 6 heteroatoms. The molecule has 1 N–H and O–H groups in total. The van der Waals surface area contributed by atoms with Crippen molar-refractivity contribution < 1.29 is 14.3 Å². The lowest BCUT2D eigenvalue weighted by molar-refractivity contribution is 0.0593. The largest absolute Gasteiger partial charge is 0.492 e. The van der Waals surface area contributed by atoms with Gasteiger partial charge in [-0.05, 0) is 19.1 Å². The Bertz CT molecular complexity index is 584. The number of anilines is 2. The van der Waals surface area contributed by atoms with E-state index in [-0.39, 0.29) is 5.69 Å². The van der Waals surface area contributed by atoms with Gasteiger partial charge in [0.2, 0.25) is 0 Å². The monoisotopic (exact) mass is 273 g/mol. The van der Waals surface area contributed by atoms with Gasteiger partial charge in [-0.25, -0.2) is 14.8 Å². The molecule has 0 bridgehead atoms. The van der Waals surface area contributed by atoms with Crippen molar-refractivity contribution in [2.24, 2.45) is 0 Å². The Morgan fingerprint density at radius 2 is 2.05 bits per heavy atom. The molecule has 0 saturated heterocycles. The minimum absolute atomic E-state index is 0.163. The summed E-state index contributed by atoms with van der Waals surface area (Å²) in [5, 5.41) is 3.09. The highest BCUT2D eigenvalue weighted by Gasteiger charge is 2.08. The highest BCUT2D eigenvalue weighted by molar-refractivity contribution is 5.86. The van der Waals surface area contributed by atoms with Crippen LogP contribution in [0.15, 0.2) is 36.7 Å². The van der Waals surface area contributed by atoms with E-state index in [0.29, 0.717) is 12.4 Å². The van der Waals surface area contributed by atoms with Crippen LogP contribution >= 0.6 is 0 Å². The maximum Gasteiger partial charge on any atom is 0.358 e. The van der Waals surface area contributed by atoms with Crippen LogP contribution in [0.3, 0.4) is 0 Å². The van der Waals surface area contributed by atoms with Crippen LogP contribution in [0.5, 0.6) is 5.75 Å². The molecule has 2 aromatic rings. The molecule has 0 aliphatic heterocycles. The van der Waals surface area contributed by atoms with Gasteiger partial charge in [0.05, 0.1) is 31.8 Å². The third-order valence-electron chi connectivity index (χ3n) is 2.50. The molecule has 1 heterocycles. The number of rotatable bonds is 5. The molecule has 20 heavy (non-hydrogen) atoms. The van der Waals surface area contributed by atoms with Crippen molar-refractivity contribution in [2.75, 3.05) is 19.0 Å². The van der Waals surface area contributed by atoms with Crippen LogP contribution in [0, 0.1) is 0 Å². The van der Waals surface area contributed by atoms with E-state index < -0.39 is 5.97 Å². The SMILES string of the molecule is CCOc1ccccc1Nc1cnc(C(=O)OC)cn1. The molecule has 0 spiro atoms. The number of carbonyl (C=O) groups excluding carboxylic acids is 1. The van der Waals surface area contributed by atoms with Crippen LogP contribution in [0.2, 0.25) is 0 Å². The van der Waals surface area contributed by atoms with Crippen molar-refractivity contribution in [3.8, 4) is 5.75 Å². The fourth-order valence-corrected chi connectivity index (χ4v) is 1.59. The summed E-state index contributed by atoms with van der Waals surface area (Å²) in [7, 11) is 1.30. The Labute approximate surface area is 116 Å². The molecule has 0 radical (unpaired) electrons. The number of benzene rings is 1. The first kappa shape index (κ1) is 13.8. The summed E-state index contributed by atoms with van der Waals surface area (Å²) in [5.74, 6) is 0.734. The van der Waals surface area contributed by atoms with Crippen molar-refractivity contribution in [3.05, 3.63) is 42.4 Å². The predicted molar refractivity (Wildman–Crippen MR) is 74.3 cm³/mol. The smallest absolute Gasteiger partial charge is 0.358 e. The van der Waals surface area contributed by atoms with Gasteiger partial charge in [-0.3, -0.25) is 0 Å². The van der Waals surface area contributed by atoms with Crippen molar-refractivity contribution >= 4 is 17.5 Å². The van der Waals surface area contributed by atoms with Crippen LogP contribution in [0.4, 0.5) is 11.5 Å². The van der Waals surface area contributed by atoms with E-state index in [2.05, 4.69) is 20.0 Å². The van der Waals surface area contributed by atoms with Gasteiger partial charge in [0.15, 0.2) is 5.69 Å². The van der Waals surface area contributed by atoms with Crippen LogP contribution in [-0.4, -0.2) is 29.7 Å². The maximum absolute atomic E-state index is 11.3. The Hall–Kier alpha value is -2.63. The van der Waals surface area contributed by atoms with Gasteiger partial charge in [0.25, 0.3) is 0 Å². The molecule has 0 saturated carbocycles. The molecule has 0 aliphatic carbocycles. The van der Waals surface area contributed by atoms with Crippen LogP contribution < -0.4 is 10.1 Å². The van der Waals surface area contributed by atoms with Crippen molar-refractivity contribution in [1.29, 1.82) is 0 Å². The lowest BCUT2D eigenvalue weighted by Crippen LogP contribution is -2.06. The van der Waals surface area contributed by atoms with Gasteiger partial charge >= 0.3 is 5.97 Å². The molecule has 0 amide bonds. The third-order valence-corrected chi connectivity index (χ3v) is 2.50. The molecule has 2 rings (SSSR count). The topological polar surface area (TPSA) is 73.3 Å². The van der Waals surface area contributed by atoms with Gasteiger partial charge in [0, 0.05) is 0 Å². The van der Waals surface area contributed by atoms with Crippen LogP contribution in [-0.2, 0) is 4.74 Å². The van der Waals surface area contributed by atoms with Gasteiger partial charge in [0.1, 0.15) is 11.6 Å². The fraction of sp³-hybridized carbons (Fsp3) is 0.214. The Balaban J connectivity index is 2.16. The van der Waals surface area contributed by atoms with E-state index >= 15 is 0 Å². The normalized spacial score (nSPS) is 9.90. The Kier molecular flexibility index (Phi) is 4.49. The summed E-state index contributed by atoms with van der Waals surface area (Å²) >= 11 is 0. The number of nitrogens with one attached hydrogen (secondary N) is 1. The molecule has 1 aromatic carbocycles. The third kappa shape index (κ3) is 3.23. The summed E-state index contributed by atoms with van der Waals surface area (Å²) in [4.78, 5) is 19.4. The number of para-hydroxylation sites is 2. The first-order valence-electron chi connectivity index (χ1n) is 6.13. The zero-order chi connectivity index (χ0) is 14.4. The molecule has 0 unspecified atom stereocenters. The van der Waals surface area contributed by atoms with E-state index in [1.165, 1.54) is 19.5 Å². The van der Waals surface area contributed by atoms with Crippen molar-refractivity contribution in [3.63, 3.8) is 0 Å². The number of nitrogens with zero attached hydrogens (tertiary/aromatic N) is 2. The first-order valence-corrected chi connectivity index (χ1v) is 6.13. The predicted octanol–water partition coefficient (Wildman–Crippen LogP) is 2.41. The fourth-order valence-electron chi connectivity index (χ4n) is 1.59. The first-order chi connectivity index (χ1) is 9.74. The molecule has 104 valence electrons. The molecule has 0 fully saturated rings. The summed E-state index contributed by atoms with van der Waals surface area (Å²) in [6.07, 6.45) is 2.83. The zero-order valence-electron chi connectivity index (χ0n) is 11.3. The molecule has 0 atom stereocenters. The van der Waals surface area contributed by atoms with E-state index in [1.807, 2.05) is 31.2 Å². The second-order valence-corrected chi connectivity index (χ2v) is 3.83. The number of ether oxygens (including phenoxy) is 2. The van der Waals surface area contributed by atoms with Crippen LogP contribution in [0.25, 0.3) is 0 Å². The van der Waals surface area contributed by atoms with Gasteiger partial charge in [-0.1, -0.05) is 12.1 Å². The second kappa shape index (κ2) is 6.51. The van der Waals surface area contributed by atoms with E-state index in [1.54, 1.807) is 0 Å². The number of aromatic nitrogens is 2. The summed E-state index contributed by atoms with van der Waals surface area (Å²) in [6, 6.07) is 7.52. The van der Waals surface area contributed by atoms with E-state index in [0.717, 1.165) is 11.4 Å². The van der Waals surface area contributed by atoms with Crippen LogP contribution in [0.1, 0.15) is 17.4 Å². The van der Waals surface area contributed by atoms with Gasteiger partial charge < -0.3 is 14.8 Å². The quantitative estimate of drug-likeness (QED) is 0.843. The lowest BCUT2D eigenvalue weighted by atomic mass is 10.3. The number of hydrogen-bond donors (Lipinski definition) is 1. The Morgan fingerprint density at radius 1 is 1.25 bits per heavy atom. The molecular weight excluding hydrogens is 258 g/mol. The van der Waals surface area contributed by atoms with Crippen molar-refractivity contribution in [2.45, 2.75) is 6.92 Å². The standard InChI is InChI=1S/C14H15N3O3/c1-3-20-12-7-5-4-6-10(12)17-13-9-15-11(8-16-13)14(18)19-2/h4-9H,3H2,1-2H3,(H,16,17). The van der Waals surface area contributed by atoms with Crippen molar-refractivity contribution in [1.82, 2.24) is 9.97 Å². The lowest BCUT2D eigenvalue weighted by Gasteiger charge is -2.11. The highest BCUT2D eigenvalue weighted by Crippen LogP contribution is 2.26. The summed E-state index contributed by atoms with van der Waals surface area (Å²) in [6.45, 7) is 2.49. The Morgan fingerprint density at radius 3 is 2.70 bits per heavy atom.